The number of hydrogen-bond acceptors (Lipinski definition) is 4. The zero-order valence-electron chi connectivity index (χ0n) is 18.3. The first-order chi connectivity index (χ1) is 13.3. The smallest absolute Gasteiger partial charge is 0.305 e. The Labute approximate surface area is 168 Å². The highest BCUT2D eigenvalue weighted by atomic mass is 16.5. The first-order valence-electron chi connectivity index (χ1n) is 11.6. The fraction of sp³-hybridized carbons (Fsp3) is 0.957. The molecule has 4 heteroatoms. The van der Waals surface area contributed by atoms with E-state index in [1.54, 1.807) is 0 Å². The molecule has 0 radical (unpaired) electrons. The van der Waals surface area contributed by atoms with E-state index < -0.39 is 0 Å². The summed E-state index contributed by atoms with van der Waals surface area (Å²) in [7, 11) is 0. The van der Waals surface area contributed by atoms with E-state index in [2.05, 4.69) is 13.8 Å². The number of esters is 1. The molecule has 0 spiro atoms. The van der Waals surface area contributed by atoms with E-state index in [9.17, 15) is 4.79 Å². The molecule has 0 aliphatic heterocycles. The van der Waals surface area contributed by atoms with Crippen LogP contribution in [0.5, 0.6) is 0 Å². The predicted molar refractivity (Wildman–Crippen MR) is 113 cm³/mol. The van der Waals surface area contributed by atoms with Gasteiger partial charge in [0, 0.05) is 19.6 Å². The summed E-state index contributed by atoms with van der Waals surface area (Å²) >= 11 is 0. The van der Waals surface area contributed by atoms with Crippen LogP contribution < -0.4 is 0 Å². The number of unbranched alkanes of at least 4 members (excludes halogenated alkanes) is 11. The maximum absolute atomic E-state index is 11.6. The molecular weight excluding hydrogens is 340 g/mol. The van der Waals surface area contributed by atoms with Crippen LogP contribution in [0.15, 0.2) is 0 Å². The van der Waals surface area contributed by atoms with E-state index >= 15 is 0 Å². The van der Waals surface area contributed by atoms with Crippen LogP contribution in [0.2, 0.25) is 0 Å². The van der Waals surface area contributed by atoms with Gasteiger partial charge >= 0.3 is 5.97 Å². The van der Waals surface area contributed by atoms with Gasteiger partial charge in [0.2, 0.25) is 0 Å². The number of hydrogen-bond donors (Lipinski definition) is 0. The maximum atomic E-state index is 11.6. The molecule has 0 heterocycles. The van der Waals surface area contributed by atoms with Crippen LogP contribution in [0, 0.1) is 0 Å². The average molecular weight is 387 g/mol. The van der Waals surface area contributed by atoms with Gasteiger partial charge < -0.3 is 14.2 Å². The Bertz CT molecular complexity index is 294. The lowest BCUT2D eigenvalue weighted by Crippen LogP contribution is -2.09. The van der Waals surface area contributed by atoms with Crippen molar-refractivity contribution in [3.05, 3.63) is 0 Å². The summed E-state index contributed by atoms with van der Waals surface area (Å²) in [4.78, 5) is 11.6. The molecule has 0 unspecified atom stereocenters. The van der Waals surface area contributed by atoms with Crippen molar-refractivity contribution in [3.8, 4) is 0 Å². The number of ether oxygens (including phenoxy) is 3. The second-order valence-corrected chi connectivity index (χ2v) is 7.44. The Balaban J connectivity index is 3.12. The van der Waals surface area contributed by atoms with Gasteiger partial charge in [-0.05, 0) is 19.3 Å². The van der Waals surface area contributed by atoms with Gasteiger partial charge in [0.1, 0.15) is 0 Å². The molecule has 0 aliphatic carbocycles. The Morgan fingerprint density at radius 2 is 0.963 bits per heavy atom. The van der Waals surface area contributed by atoms with Crippen molar-refractivity contribution in [3.63, 3.8) is 0 Å². The largest absolute Gasteiger partial charge is 0.466 e. The first kappa shape index (κ1) is 26.4. The fourth-order valence-electron chi connectivity index (χ4n) is 2.94. The molecule has 0 aromatic heterocycles. The number of rotatable bonds is 22. The highest BCUT2D eigenvalue weighted by molar-refractivity contribution is 5.69. The molecule has 162 valence electrons. The molecule has 4 nitrogen and oxygen atoms in total. The molecular formula is C23H46O4. The normalized spacial score (nSPS) is 11.0. The van der Waals surface area contributed by atoms with Gasteiger partial charge in [-0.25, -0.2) is 0 Å². The van der Waals surface area contributed by atoms with Crippen LogP contribution in [0.3, 0.4) is 0 Å². The predicted octanol–water partition coefficient (Wildman–Crippen LogP) is 6.45. The van der Waals surface area contributed by atoms with Crippen molar-refractivity contribution < 1.29 is 19.0 Å². The van der Waals surface area contributed by atoms with E-state index in [-0.39, 0.29) is 5.97 Å². The minimum Gasteiger partial charge on any atom is -0.466 e. The van der Waals surface area contributed by atoms with Crippen molar-refractivity contribution in [1.29, 1.82) is 0 Å². The van der Waals surface area contributed by atoms with E-state index in [0.29, 0.717) is 32.8 Å². The van der Waals surface area contributed by atoms with E-state index in [4.69, 9.17) is 14.2 Å². The van der Waals surface area contributed by atoms with Gasteiger partial charge in [0.25, 0.3) is 0 Å². The van der Waals surface area contributed by atoms with Crippen molar-refractivity contribution in [2.24, 2.45) is 0 Å². The fourth-order valence-corrected chi connectivity index (χ4v) is 2.94. The molecule has 27 heavy (non-hydrogen) atoms. The Kier molecular flexibility index (Phi) is 22.9. The second kappa shape index (κ2) is 23.4. The Hall–Kier alpha value is -0.610. The number of carbonyl (C=O) groups excluding carboxylic acids is 1. The van der Waals surface area contributed by atoms with Gasteiger partial charge in [-0.3, -0.25) is 4.79 Å². The van der Waals surface area contributed by atoms with Crippen LogP contribution in [0.4, 0.5) is 0 Å². The minimum absolute atomic E-state index is 0.0936. The van der Waals surface area contributed by atoms with Gasteiger partial charge in [0.15, 0.2) is 0 Å². The van der Waals surface area contributed by atoms with E-state index in [1.807, 2.05) is 0 Å². The molecule has 0 N–H and O–H groups in total. The average Bonchev–Trinajstić information content (AvgIpc) is 2.67. The first-order valence-corrected chi connectivity index (χ1v) is 11.6. The van der Waals surface area contributed by atoms with Crippen LogP contribution in [-0.4, -0.2) is 39.0 Å². The molecule has 0 aliphatic rings. The molecule has 0 amide bonds. The molecule has 0 aromatic carbocycles. The Morgan fingerprint density at radius 1 is 0.519 bits per heavy atom. The lowest BCUT2D eigenvalue weighted by atomic mass is 10.1. The summed E-state index contributed by atoms with van der Waals surface area (Å²) in [6, 6.07) is 0. The standard InChI is InChI=1S/C23H46O4/c1-3-5-7-9-11-13-15-20-27-23(24)17-16-19-26-22-21-25-18-14-12-10-8-6-4-2/h3-22H2,1-2H3. The molecule has 0 fully saturated rings. The zero-order valence-corrected chi connectivity index (χ0v) is 18.3. The third-order valence-corrected chi connectivity index (χ3v) is 4.69. The summed E-state index contributed by atoms with van der Waals surface area (Å²) in [6.45, 7) is 7.74. The van der Waals surface area contributed by atoms with Gasteiger partial charge in [-0.15, -0.1) is 0 Å². The summed E-state index contributed by atoms with van der Waals surface area (Å²) in [5.74, 6) is -0.0936. The molecule has 0 saturated heterocycles. The lowest BCUT2D eigenvalue weighted by molar-refractivity contribution is -0.144. The van der Waals surface area contributed by atoms with Crippen molar-refractivity contribution >= 4 is 5.97 Å². The van der Waals surface area contributed by atoms with Crippen LogP contribution in [0.1, 0.15) is 110 Å². The third kappa shape index (κ3) is 23.4. The molecule has 0 rings (SSSR count). The van der Waals surface area contributed by atoms with Crippen LogP contribution >= 0.6 is 0 Å². The van der Waals surface area contributed by atoms with Crippen LogP contribution in [-0.2, 0) is 19.0 Å². The molecule has 0 atom stereocenters. The second-order valence-electron chi connectivity index (χ2n) is 7.44. The summed E-state index contributed by atoms with van der Waals surface area (Å²) < 4.78 is 16.3. The zero-order chi connectivity index (χ0) is 19.8. The van der Waals surface area contributed by atoms with Crippen molar-refractivity contribution in [2.75, 3.05) is 33.0 Å². The molecule has 0 saturated carbocycles. The van der Waals surface area contributed by atoms with E-state index in [0.717, 1.165) is 25.9 Å². The highest BCUT2D eigenvalue weighted by Gasteiger charge is 2.02. The number of carbonyl (C=O) groups is 1. The summed E-state index contributed by atoms with van der Waals surface area (Å²) in [6.07, 6.45) is 17.6. The van der Waals surface area contributed by atoms with Crippen LogP contribution in [0.25, 0.3) is 0 Å². The quantitative estimate of drug-likeness (QED) is 0.158. The van der Waals surface area contributed by atoms with Gasteiger partial charge in [-0.1, -0.05) is 84.5 Å². The minimum atomic E-state index is -0.0936. The van der Waals surface area contributed by atoms with E-state index in [1.165, 1.54) is 70.6 Å². The van der Waals surface area contributed by atoms with Gasteiger partial charge in [-0.2, -0.15) is 0 Å². The highest BCUT2D eigenvalue weighted by Crippen LogP contribution is 2.07. The monoisotopic (exact) mass is 386 g/mol. The van der Waals surface area contributed by atoms with Crippen molar-refractivity contribution in [1.82, 2.24) is 0 Å². The molecule has 0 bridgehead atoms. The third-order valence-electron chi connectivity index (χ3n) is 4.69. The summed E-state index contributed by atoms with van der Waals surface area (Å²) in [5.41, 5.74) is 0. The lowest BCUT2D eigenvalue weighted by Gasteiger charge is -2.07. The maximum Gasteiger partial charge on any atom is 0.305 e. The summed E-state index contributed by atoms with van der Waals surface area (Å²) in [5, 5.41) is 0. The molecule has 0 aromatic rings. The topological polar surface area (TPSA) is 44.8 Å². The SMILES string of the molecule is CCCCCCCCCOC(=O)CCCOCCOCCCCCCCC. The Morgan fingerprint density at radius 3 is 1.52 bits per heavy atom. The van der Waals surface area contributed by atoms with Crippen molar-refractivity contribution in [2.45, 2.75) is 110 Å². The van der Waals surface area contributed by atoms with Gasteiger partial charge in [0.05, 0.1) is 19.8 Å².